The number of carbonyl (C=O) groups excluding carboxylic acids is 2. The van der Waals surface area contributed by atoms with E-state index in [-0.39, 0.29) is 18.4 Å². The zero-order chi connectivity index (χ0) is 15.2. The van der Waals surface area contributed by atoms with E-state index in [1.54, 1.807) is 4.90 Å². The highest BCUT2D eigenvalue weighted by Crippen LogP contribution is 2.62. The fraction of sp³-hybridized carbons (Fsp3) is 0.765. The lowest BCUT2D eigenvalue weighted by atomic mass is 9.70. The van der Waals surface area contributed by atoms with Crippen LogP contribution in [-0.4, -0.2) is 47.8 Å². The molecule has 3 rings (SSSR count). The maximum Gasteiger partial charge on any atom is 0.246 e. The van der Waals surface area contributed by atoms with Gasteiger partial charge in [-0.25, -0.2) is 0 Å². The van der Waals surface area contributed by atoms with Crippen molar-refractivity contribution in [1.29, 1.82) is 0 Å². The second-order valence-electron chi connectivity index (χ2n) is 7.21. The van der Waals surface area contributed by atoms with E-state index in [2.05, 4.69) is 13.5 Å². The lowest BCUT2D eigenvalue weighted by Gasteiger charge is -2.34. The van der Waals surface area contributed by atoms with Crippen LogP contribution in [0.25, 0.3) is 0 Å². The minimum atomic E-state index is -0.156. The van der Waals surface area contributed by atoms with Gasteiger partial charge in [-0.15, -0.1) is 0 Å². The Hall–Kier alpha value is -1.32. The van der Waals surface area contributed by atoms with Crippen LogP contribution in [0.2, 0.25) is 0 Å². The number of likely N-dealkylation sites (tertiary alicyclic amines) is 1. The van der Waals surface area contributed by atoms with Crippen molar-refractivity contribution in [3.8, 4) is 0 Å². The number of fused-ring (bicyclic) bond motifs is 5. The summed E-state index contributed by atoms with van der Waals surface area (Å²) in [6.45, 7) is 10.3. The second kappa shape index (κ2) is 5.15. The Morgan fingerprint density at radius 1 is 1.43 bits per heavy atom. The first-order valence-electron chi connectivity index (χ1n) is 8.18. The normalized spacial score (nSPS) is 36.7. The zero-order valence-electron chi connectivity index (χ0n) is 13.2. The highest BCUT2D eigenvalue weighted by molar-refractivity contribution is 5.91. The molecule has 0 aromatic rings. The molecule has 0 spiro atoms. The number of hydrogen-bond acceptors (Lipinski definition) is 2. The van der Waals surface area contributed by atoms with Gasteiger partial charge in [0.05, 0.1) is 6.54 Å². The van der Waals surface area contributed by atoms with Gasteiger partial charge in [0.15, 0.2) is 0 Å². The topological polar surface area (TPSA) is 40.6 Å². The summed E-state index contributed by atoms with van der Waals surface area (Å²) in [7, 11) is 0. The van der Waals surface area contributed by atoms with Crippen molar-refractivity contribution >= 4 is 11.8 Å². The van der Waals surface area contributed by atoms with Crippen molar-refractivity contribution < 1.29 is 9.59 Å². The summed E-state index contributed by atoms with van der Waals surface area (Å²) in [5.41, 5.74) is 0.331. The second-order valence-corrected chi connectivity index (χ2v) is 7.21. The molecule has 2 aliphatic carbocycles. The van der Waals surface area contributed by atoms with E-state index < -0.39 is 0 Å². The third kappa shape index (κ3) is 2.19. The molecule has 116 valence electrons. The molecule has 4 heteroatoms. The SMILES string of the molecule is C=CC(=O)N(CC)CC(=O)N1C[C@@H]2[C@@H]3CC[C@@H](C3)[C@]2(C)C1. The molecule has 3 fully saturated rings. The molecule has 2 bridgehead atoms. The number of nitrogens with zero attached hydrogens (tertiary/aromatic N) is 2. The predicted molar refractivity (Wildman–Crippen MR) is 81.5 cm³/mol. The van der Waals surface area contributed by atoms with Gasteiger partial charge in [-0.05, 0) is 55.4 Å². The van der Waals surface area contributed by atoms with Gasteiger partial charge in [0.25, 0.3) is 0 Å². The van der Waals surface area contributed by atoms with Gasteiger partial charge in [0.1, 0.15) is 0 Å². The van der Waals surface area contributed by atoms with Crippen LogP contribution in [-0.2, 0) is 9.59 Å². The maximum atomic E-state index is 12.5. The van der Waals surface area contributed by atoms with E-state index in [1.807, 2.05) is 11.8 Å². The number of likely N-dealkylation sites (N-methyl/N-ethyl adjacent to an activating group) is 1. The molecule has 1 heterocycles. The highest BCUT2D eigenvalue weighted by Gasteiger charge is 2.59. The van der Waals surface area contributed by atoms with Crippen molar-refractivity contribution in [3.05, 3.63) is 12.7 Å². The van der Waals surface area contributed by atoms with Gasteiger partial charge >= 0.3 is 0 Å². The number of amides is 2. The highest BCUT2D eigenvalue weighted by atomic mass is 16.2. The third-order valence-electron chi connectivity index (χ3n) is 6.32. The molecule has 21 heavy (non-hydrogen) atoms. The van der Waals surface area contributed by atoms with Gasteiger partial charge in [-0.2, -0.15) is 0 Å². The average molecular weight is 290 g/mol. The van der Waals surface area contributed by atoms with Gasteiger partial charge in [0.2, 0.25) is 11.8 Å². The van der Waals surface area contributed by atoms with E-state index in [0.29, 0.717) is 17.9 Å². The summed E-state index contributed by atoms with van der Waals surface area (Å²) in [6, 6.07) is 0. The van der Waals surface area contributed by atoms with Crippen LogP contribution in [0.4, 0.5) is 0 Å². The zero-order valence-corrected chi connectivity index (χ0v) is 13.2. The van der Waals surface area contributed by atoms with Gasteiger partial charge < -0.3 is 9.80 Å². The smallest absolute Gasteiger partial charge is 0.246 e. The third-order valence-corrected chi connectivity index (χ3v) is 6.32. The van der Waals surface area contributed by atoms with E-state index >= 15 is 0 Å². The first-order valence-corrected chi connectivity index (χ1v) is 8.18. The first-order chi connectivity index (χ1) is 9.99. The van der Waals surface area contributed by atoms with Gasteiger partial charge in [-0.1, -0.05) is 13.5 Å². The molecular formula is C17H26N2O2. The molecule has 2 saturated carbocycles. The molecule has 3 aliphatic rings. The lowest BCUT2D eigenvalue weighted by Crippen LogP contribution is -2.42. The van der Waals surface area contributed by atoms with Crippen LogP contribution in [0.5, 0.6) is 0 Å². The quantitative estimate of drug-likeness (QED) is 0.742. The molecule has 0 aromatic heterocycles. The number of rotatable bonds is 4. The minimum absolute atomic E-state index is 0.0991. The van der Waals surface area contributed by atoms with Crippen LogP contribution >= 0.6 is 0 Å². The first kappa shape index (κ1) is 14.6. The summed E-state index contributed by atoms with van der Waals surface area (Å²) >= 11 is 0. The summed E-state index contributed by atoms with van der Waals surface area (Å²) in [5, 5.41) is 0. The van der Waals surface area contributed by atoms with Crippen LogP contribution in [0.3, 0.4) is 0 Å². The molecule has 1 saturated heterocycles. The number of carbonyl (C=O) groups is 2. The Morgan fingerprint density at radius 3 is 2.81 bits per heavy atom. The van der Waals surface area contributed by atoms with E-state index in [0.717, 1.165) is 24.9 Å². The molecule has 4 nitrogen and oxygen atoms in total. The minimum Gasteiger partial charge on any atom is -0.340 e. The van der Waals surface area contributed by atoms with Gasteiger partial charge in [-0.3, -0.25) is 9.59 Å². The molecule has 2 amide bonds. The van der Waals surface area contributed by atoms with Crippen molar-refractivity contribution in [2.24, 2.45) is 23.2 Å². The Morgan fingerprint density at radius 2 is 2.19 bits per heavy atom. The molecule has 0 aromatic carbocycles. The van der Waals surface area contributed by atoms with Crippen molar-refractivity contribution in [2.45, 2.75) is 33.1 Å². The summed E-state index contributed by atoms with van der Waals surface area (Å²) in [5.74, 6) is 2.27. The van der Waals surface area contributed by atoms with Crippen LogP contribution in [0.15, 0.2) is 12.7 Å². The average Bonchev–Trinajstić information content (AvgIpc) is 3.13. The maximum absolute atomic E-state index is 12.5. The fourth-order valence-corrected chi connectivity index (χ4v) is 5.07. The molecule has 0 unspecified atom stereocenters. The van der Waals surface area contributed by atoms with Crippen LogP contribution < -0.4 is 0 Å². The predicted octanol–water partition coefficient (Wildman–Crippen LogP) is 1.92. The Labute approximate surface area is 127 Å². The largest absolute Gasteiger partial charge is 0.340 e. The van der Waals surface area contributed by atoms with Gasteiger partial charge in [0, 0.05) is 19.6 Å². The number of hydrogen-bond donors (Lipinski definition) is 0. The van der Waals surface area contributed by atoms with Crippen LogP contribution in [0, 0.1) is 23.2 Å². The van der Waals surface area contributed by atoms with Crippen molar-refractivity contribution in [3.63, 3.8) is 0 Å². The lowest BCUT2D eigenvalue weighted by molar-refractivity contribution is -0.137. The molecule has 0 radical (unpaired) electrons. The Kier molecular flexibility index (Phi) is 3.58. The monoisotopic (exact) mass is 290 g/mol. The summed E-state index contributed by atoms with van der Waals surface area (Å²) in [4.78, 5) is 27.8. The molecule has 1 aliphatic heterocycles. The Bertz CT molecular complexity index is 475. The van der Waals surface area contributed by atoms with Crippen molar-refractivity contribution in [1.82, 2.24) is 9.80 Å². The van der Waals surface area contributed by atoms with Crippen LogP contribution in [0.1, 0.15) is 33.1 Å². The van der Waals surface area contributed by atoms with E-state index in [9.17, 15) is 9.59 Å². The van der Waals surface area contributed by atoms with E-state index in [4.69, 9.17) is 0 Å². The molecule has 4 atom stereocenters. The molecular weight excluding hydrogens is 264 g/mol. The summed E-state index contributed by atoms with van der Waals surface area (Å²) in [6.07, 6.45) is 5.36. The molecule has 0 N–H and O–H groups in total. The summed E-state index contributed by atoms with van der Waals surface area (Å²) < 4.78 is 0. The van der Waals surface area contributed by atoms with Crippen molar-refractivity contribution in [2.75, 3.05) is 26.2 Å². The van der Waals surface area contributed by atoms with E-state index in [1.165, 1.54) is 25.3 Å². The standard InChI is InChI=1S/C17H26N2O2/c1-4-15(20)18(5-2)10-16(21)19-9-14-12-6-7-13(8-12)17(14,3)11-19/h4,12-14H,1,5-11H2,2-3H3/t12-,13+,14-,17+/m1/s1. The fourth-order valence-electron chi connectivity index (χ4n) is 5.07. The Balaban J connectivity index is 1.65.